The molecular weight excluding hydrogens is 520 g/mol. The number of nitrogens with one attached hydrogen (secondary N) is 2. The largest absolute Gasteiger partial charge is 0.481 e. The lowest BCUT2D eigenvalue weighted by atomic mass is 9.90. The number of aryl methyl sites for hydroxylation is 3. The number of nitrogens with zero attached hydrogens (tertiary/aromatic N) is 1. The highest BCUT2D eigenvalue weighted by atomic mass is 19.2. The van der Waals surface area contributed by atoms with Crippen molar-refractivity contribution in [3.8, 4) is 11.1 Å². The molecule has 0 saturated carbocycles. The third kappa shape index (κ3) is 6.62. The molecule has 212 valence electrons. The van der Waals surface area contributed by atoms with E-state index in [4.69, 9.17) is 0 Å². The van der Waals surface area contributed by atoms with Crippen LogP contribution in [0.2, 0.25) is 0 Å². The maximum atomic E-state index is 15.2. The Balaban J connectivity index is 2.00. The molecule has 8 nitrogen and oxygen atoms in total. The zero-order chi connectivity index (χ0) is 29.7. The van der Waals surface area contributed by atoms with E-state index < -0.39 is 53.5 Å². The molecule has 0 unspecified atom stereocenters. The molecule has 2 amide bonds. The first-order chi connectivity index (χ1) is 18.8. The van der Waals surface area contributed by atoms with Gasteiger partial charge in [0.15, 0.2) is 11.6 Å². The van der Waals surface area contributed by atoms with E-state index in [0.717, 1.165) is 22.8 Å². The Bertz CT molecular complexity index is 1520. The van der Waals surface area contributed by atoms with Gasteiger partial charge in [-0.25, -0.2) is 8.78 Å². The number of hydrogen-bond donors (Lipinski definition) is 3. The lowest BCUT2D eigenvalue weighted by molar-refractivity contribution is -0.137. The van der Waals surface area contributed by atoms with Gasteiger partial charge in [0.1, 0.15) is 11.6 Å². The molecule has 0 fully saturated rings. The van der Waals surface area contributed by atoms with Gasteiger partial charge in [0.2, 0.25) is 5.91 Å². The second-order valence-corrected chi connectivity index (χ2v) is 9.87. The maximum absolute atomic E-state index is 15.2. The third-order valence-corrected chi connectivity index (χ3v) is 6.93. The highest BCUT2D eigenvalue weighted by Crippen LogP contribution is 2.34. The second kappa shape index (κ2) is 12.7. The molecule has 40 heavy (non-hydrogen) atoms. The summed E-state index contributed by atoms with van der Waals surface area (Å²) in [7, 11) is 1.48. The normalized spacial score (nSPS) is 12.5. The molecule has 10 heteroatoms. The Morgan fingerprint density at radius 3 is 2.35 bits per heavy atom. The number of benzene rings is 2. The zero-order valence-corrected chi connectivity index (χ0v) is 23.1. The predicted octanol–water partition coefficient (Wildman–Crippen LogP) is 4.49. The van der Waals surface area contributed by atoms with Gasteiger partial charge < -0.3 is 20.3 Å². The van der Waals surface area contributed by atoms with Gasteiger partial charge >= 0.3 is 5.97 Å². The van der Waals surface area contributed by atoms with Crippen LogP contribution in [0.3, 0.4) is 0 Å². The van der Waals surface area contributed by atoms with Crippen molar-refractivity contribution in [1.82, 2.24) is 15.2 Å². The van der Waals surface area contributed by atoms with Crippen LogP contribution < -0.4 is 16.2 Å². The highest BCUT2D eigenvalue weighted by Gasteiger charge is 2.29. The molecule has 0 radical (unpaired) electrons. The average Bonchev–Trinajstić information content (AvgIpc) is 2.89. The summed E-state index contributed by atoms with van der Waals surface area (Å²) in [6.45, 7) is 7.35. The number of amides is 2. The molecule has 0 spiro atoms. The van der Waals surface area contributed by atoms with Crippen LogP contribution in [0.15, 0.2) is 47.4 Å². The molecule has 3 N–H and O–H groups in total. The lowest BCUT2D eigenvalue weighted by Gasteiger charge is -2.24. The molecular formula is C30H33F2N3O5. The Morgan fingerprint density at radius 1 is 1.02 bits per heavy atom. The van der Waals surface area contributed by atoms with Crippen LogP contribution in [0, 0.1) is 32.4 Å². The molecule has 0 aliphatic carbocycles. The molecule has 0 saturated heterocycles. The molecule has 3 rings (SSSR count). The van der Waals surface area contributed by atoms with E-state index >= 15 is 4.39 Å². The van der Waals surface area contributed by atoms with Gasteiger partial charge in [-0.3, -0.25) is 19.2 Å². The molecule has 1 heterocycles. The van der Waals surface area contributed by atoms with Crippen LogP contribution in [0.5, 0.6) is 0 Å². The van der Waals surface area contributed by atoms with Crippen molar-refractivity contribution in [3.05, 3.63) is 92.4 Å². The fourth-order valence-electron chi connectivity index (χ4n) is 4.65. The minimum atomic E-state index is -1.44. The summed E-state index contributed by atoms with van der Waals surface area (Å²) in [6.07, 6.45) is 1.36. The van der Waals surface area contributed by atoms with Crippen LogP contribution in [0.25, 0.3) is 11.1 Å². The Labute approximate surface area is 231 Å². The van der Waals surface area contributed by atoms with Gasteiger partial charge in [0, 0.05) is 18.8 Å². The van der Waals surface area contributed by atoms with Crippen molar-refractivity contribution in [2.75, 3.05) is 0 Å². The lowest BCUT2D eigenvalue weighted by Crippen LogP contribution is -2.49. The fraction of sp³-hybridized carbons (Fsp3) is 0.333. The number of hydrogen-bond acceptors (Lipinski definition) is 4. The first-order valence-electron chi connectivity index (χ1n) is 12.9. The average molecular weight is 554 g/mol. The second-order valence-electron chi connectivity index (χ2n) is 9.87. The molecule has 2 atom stereocenters. The van der Waals surface area contributed by atoms with Crippen molar-refractivity contribution >= 4 is 17.8 Å². The Morgan fingerprint density at radius 2 is 1.70 bits per heavy atom. The number of pyridine rings is 1. The summed E-state index contributed by atoms with van der Waals surface area (Å²) in [5.74, 6) is -5.38. The number of rotatable bonds is 10. The van der Waals surface area contributed by atoms with Gasteiger partial charge in [-0.1, -0.05) is 25.5 Å². The van der Waals surface area contributed by atoms with E-state index in [1.807, 2.05) is 32.9 Å². The van der Waals surface area contributed by atoms with Crippen LogP contribution in [0.4, 0.5) is 8.78 Å². The van der Waals surface area contributed by atoms with Crippen LogP contribution >= 0.6 is 0 Å². The predicted molar refractivity (Wildman–Crippen MR) is 147 cm³/mol. The van der Waals surface area contributed by atoms with E-state index in [1.54, 1.807) is 6.92 Å². The van der Waals surface area contributed by atoms with Gasteiger partial charge in [-0.15, -0.1) is 0 Å². The van der Waals surface area contributed by atoms with Gasteiger partial charge in [0.25, 0.3) is 11.5 Å². The summed E-state index contributed by atoms with van der Waals surface area (Å²) < 4.78 is 31.3. The molecule has 1 aromatic heterocycles. The minimum absolute atomic E-state index is 0.156. The molecule has 0 aliphatic heterocycles. The van der Waals surface area contributed by atoms with Crippen molar-refractivity contribution in [2.45, 2.75) is 59.0 Å². The van der Waals surface area contributed by atoms with Crippen LogP contribution in [-0.2, 0) is 16.6 Å². The van der Waals surface area contributed by atoms with Gasteiger partial charge in [-0.05, 0) is 79.3 Å². The van der Waals surface area contributed by atoms with E-state index in [0.29, 0.717) is 17.5 Å². The molecule has 3 aromatic rings. The number of carbonyl (C=O) groups excluding carboxylic acids is 2. The number of carboxylic acids is 1. The highest BCUT2D eigenvalue weighted by molar-refractivity contribution is 5.97. The minimum Gasteiger partial charge on any atom is -0.481 e. The summed E-state index contributed by atoms with van der Waals surface area (Å²) in [4.78, 5) is 50.2. The number of carboxylic acid groups (broad SMARTS) is 1. The summed E-state index contributed by atoms with van der Waals surface area (Å²) in [6, 6.07) is 6.40. The van der Waals surface area contributed by atoms with E-state index in [1.165, 1.54) is 36.0 Å². The number of aromatic nitrogens is 1. The van der Waals surface area contributed by atoms with E-state index in [9.17, 15) is 28.7 Å². The topological polar surface area (TPSA) is 118 Å². The first kappa shape index (κ1) is 30.2. The van der Waals surface area contributed by atoms with Crippen molar-refractivity contribution in [1.29, 1.82) is 0 Å². The van der Waals surface area contributed by atoms with Crippen molar-refractivity contribution in [2.24, 2.45) is 7.05 Å². The zero-order valence-electron chi connectivity index (χ0n) is 23.1. The Hall–Kier alpha value is -4.34. The summed E-state index contributed by atoms with van der Waals surface area (Å²) in [5.41, 5.74) is 2.57. The van der Waals surface area contributed by atoms with Crippen molar-refractivity contribution in [3.63, 3.8) is 0 Å². The maximum Gasteiger partial charge on any atom is 0.305 e. The molecule has 2 aromatic carbocycles. The molecule has 0 aliphatic rings. The monoisotopic (exact) mass is 553 g/mol. The van der Waals surface area contributed by atoms with Crippen LogP contribution in [-0.4, -0.2) is 33.5 Å². The van der Waals surface area contributed by atoms with Crippen LogP contribution in [0.1, 0.15) is 64.8 Å². The van der Waals surface area contributed by atoms with E-state index in [2.05, 4.69) is 10.6 Å². The standard InChI is InChI=1S/C30H33F2N3O5/c1-6-8-23(33-28(38)20-9-7-12-35(5)30(20)40)29(39)34-24(15-25(36)37)21-13-19(14-22(31)27(21)32)26-17(3)11-10-16(2)18(26)4/h7,9-14,23-24H,6,8,15H2,1-5H3,(H,33,38)(H,34,39)(H,36,37)/t23-,24-/m0/s1. The van der Waals surface area contributed by atoms with E-state index in [-0.39, 0.29) is 17.5 Å². The number of halogens is 2. The SMILES string of the molecule is CCC[C@H](NC(=O)c1cccn(C)c1=O)C(=O)N[C@@H](CC(=O)O)c1cc(-c2c(C)ccc(C)c2C)cc(F)c1F. The first-order valence-corrected chi connectivity index (χ1v) is 12.9. The third-order valence-electron chi connectivity index (χ3n) is 6.93. The Kier molecular flexibility index (Phi) is 9.57. The molecule has 0 bridgehead atoms. The number of carbonyl (C=O) groups is 3. The van der Waals surface area contributed by atoms with Crippen molar-refractivity contribution < 1.29 is 28.3 Å². The quantitative estimate of drug-likeness (QED) is 0.342. The van der Waals surface area contributed by atoms with Gasteiger partial charge in [-0.2, -0.15) is 0 Å². The smallest absolute Gasteiger partial charge is 0.305 e. The van der Waals surface area contributed by atoms with Gasteiger partial charge in [0.05, 0.1) is 12.5 Å². The number of aliphatic carboxylic acids is 1. The fourth-order valence-corrected chi connectivity index (χ4v) is 4.65. The summed E-state index contributed by atoms with van der Waals surface area (Å²) in [5, 5.41) is 14.6. The summed E-state index contributed by atoms with van der Waals surface area (Å²) >= 11 is 0.